The quantitative estimate of drug-likeness (QED) is 0.539. The molecular weight excluding hydrogens is 347 g/mol. The summed E-state index contributed by atoms with van der Waals surface area (Å²) in [5, 5.41) is 4.18. The van der Waals surface area contributed by atoms with Crippen LogP contribution in [0.1, 0.15) is 28.5 Å². The van der Waals surface area contributed by atoms with Crippen LogP contribution >= 0.6 is 0 Å². The average Bonchev–Trinajstić information content (AvgIpc) is 2.91. The summed E-state index contributed by atoms with van der Waals surface area (Å²) < 4.78 is 18.0. The zero-order valence-electron chi connectivity index (χ0n) is 14.6. The highest BCUT2D eigenvalue weighted by molar-refractivity contribution is 6.21. The second-order valence-electron chi connectivity index (χ2n) is 6.54. The normalized spacial score (nSPS) is 16.1. The molecule has 0 aliphatic carbocycles. The van der Waals surface area contributed by atoms with Gasteiger partial charge >= 0.3 is 11.9 Å². The fourth-order valence-electron chi connectivity index (χ4n) is 3.25. The summed E-state index contributed by atoms with van der Waals surface area (Å²) in [5.41, 5.74) is 2.92. The number of ether oxygens (including phenoxy) is 1. The molecule has 0 amide bonds. The molecular formula is C21H17FN2O3. The molecule has 1 atom stereocenters. The van der Waals surface area contributed by atoms with Gasteiger partial charge in [-0.15, -0.1) is 0 Å². The molecule has 0 spiro atoms. The first-order chi connectivity index (χ1) is 13.0. The summed E-state index contributed by atoms with van der Waals surface area (Å²) >= 11 is 0. The first-order valence-corrected chi connectivity index (χ1v) is 8.61. The molecule has 3 aromatic rings. The maximum absolute atomic E-state index is 13.0. The lowest BCUT2D eigenvalue weighted by atomic mass is 10.0. The van der Waals surface area contributed by atoms with Crippen molar-refractivity contribution < 1.29 is 18.7 Å². The van der Waals surface area contributed by atoms with Gasteiger partial charge in [0.2, 0.25) is 0 Å². The molecule has 136 valence electrons. The summed E-state index contributed by atoms with van der Waals surface area (Å²) in [5.74, 6) is -2.06. The molecule has 0 bridgehead atoms. The Morgan fingerprint density at radius 1 is 1.07 bits per heavy atom. The molecule has 1 aliphatic heterocycles. The van der Waals surface area contributed by atoms with Gasteiger partial charge in [-0.3, -0.25) is 0 Å². The molecule has 27 heavy (non-hydrogen) atoms. The zero-order chi connectivity index (χ0) is 19.0. The van der Waals surface area contributed by atoms with Gasteiger partial charge < -0.3 is 15.0 Å². The second-order valence-corrected chi connectivity index (χ2v) is 6.54. The number of para-hydroxylation sites is 1. The summed E-state index contributed by atoms with van der Waals surface area (Å²) in [6, 6.07) is 12.8. The number of hydrogen-bond acceptors (Lipinski definition) is 4. The molecule has 5 nitrogen and oxygen atoms in total. The van der Waals surface area contributed by atoms with E-state index in [1.165, 1.54) is 12.1 Å². The van der Waals surface area contributed by atoms with E-state index in [4.69, 9.17) is 4.74 Å². The van der Waals surface area contributed by atoms with Crippen molar-refractivity contribution in [1.82, 2.24) is 10.3 Å². The van der Waals surface area contributed by atoms with Crippen LogP contribution in [0, 0.1) is 5.82 Å². The van der Waals surface area contributed by atoms with Crippen molar-refractivity contribution in [1.29, 1.82) is 0 Å². The molecule has 1 aromatic heterocycles. The van der Waals surface area contributed by atoms with E-state index in [-0.39, 0.29) is 17.2 Å². The van der Waals surface area contributed by atoms with Gasteiger partial charge in [-0.25, -0.2) is 14.0 Å². The largest absolute Gasteiger partial charge is 0.387 e. The van der Waals surface area contributed by atoms with Crippen LogP contribution in [0.15, 0.2) is 54.7 Å². The Balaban J connectivity index is 1.67. The Hall–Kier alpha value is -3.41. The molecule has 1 aliphatic rings. The molecule has 0 radical (unpaired) electrons. The van der Waals surface area contributed by atoms with Gasteiger partial charge in [-0.2, -0.15) is 0 Å². The van der Waals surface area contributed by atoms with E-state index in [1.54, 1.807) is 6.20 Å². The van der Waals surface area contributed by atoms with Crippen molar-refractivity contribution in [2.45, 2.75) is 19.4 Å². The van der Waals surface area contributed by atoms with E-state index in [9.17, 15) is 14.0 Å². The number of rotatable bonds is 2. The van der Waals surface area contributed by atoms with Gasteiger partial charge in [0.1, 0.15) is 5.82 Å². The van der Waals surface area contributed by atoms with Gasteiger partial charge in [0.15, 0.2) is 0 Å². The third-order valence-electron chi connectivity index (χ3n) is 4.59. The minimum absolute atomic E-state index is 0.108. The van der Waals surface area contributed by atoms with Crippen LogP contribution < -0.4 is 5.32 Å². The first-order valence-electron chi connectivity index (χ1n) is 8.61. The monoisotopic (exact) mass is 364 g/mol. The lowest BCUT2D eigenvalue weighted by molar-refractivity contribution is -0.131. The lowest BCUT2D eigenvalue weighted by Crippen LogP contribution is -2.22. The van der Waals surface area contributed by atoms with Crippen LogP contribution in [0.4, 0.5) is 4.39 Å². The Morgan fingerprint density at radius 2 is 1.81 bits per heavy atom. The van der Waals surface area contributed by atoms with Crippen LogP contribution in [0.25, 0.3) is 16.5 Å². The average molecular weight is 364 g/mol. The molecule has 0 fully saturated rings. The smallest absolute Gasteiger partial charge is 0.349 e. The number of aromatic nitrogens is 1. The predicted molar refractivity (Wildman–Crippen MR) is 99.4 cm³/mol. The lowest BCUT2D eigenvalue weighted by Gasteiger charge is -2.08. The minimum Gasteiger partial charge on any atom is -0.387 e. The molecule has 2 heterocycles. The number of aromatic amines is 1. The van der Waals surface area contributed by atoms with Crippen molar-refractivity contribution >= 4 is 28.4 Å². The van der Waals surface area contributed by atoms with Gasteiger partial charge in [0.25, 0.3) is 0 Å². The molecule has 6 heteroatoms. The number of H-pyrrole nitrogens is 1. The van der Waals surface area contributed by atoms with Crippen molar-refractivity contribution in [2.24, 2.45) is 0 Å². The highest BCUT2D eigenvalue weighted by atomic mass is 19.1. The minimum atomic E-state index is -0.823. The van der Waals surface area contributed by atoms with Gasteiger partial charge in [0.05, 0.1) is 16.8 Å². The number of nitrogens with one attached hydrogen (secondary N) is 2. The third kappa shape index (κ3) is 3.21. The molecule has 2 N–H and O–H groups in total. The van der Waals surface area contributed by atoms with Crippen LogP contribution in [-0.4, -0.2) is 23.0 Å². The zero-order valence-corrected chi connectivity index (χ0v) is 14.6. The van der Waals surface area contributed by atoms with Crippen LogP contribution in [-0.2, 0) is 16.0 Å². The van der Waals surface area contributed by atoms with Gasteiger partial charge in [-0.1, -0.05) is 18.2 Å². The molecule has 2 aromatic carbocycles. The van der Waals surface area contributed by atoms with Crippen molar-refractivity contribution in [3.63, 3.8) is 0 Å². The third-order valence-corrected chi connectivity index (χ3v) is 4.59. The fraction of sp³-hybridized carbons (Fsp3) is 0.143. The first kappa shape index (κ1) is 17.0. The van der Waals surface area contributed by atoms with Gasteiger partial charge in [0, 0.05) is 23.1 Å². The summed E-state index contributed by atoms with van der Waals surface area (Å²) in [7, 11) is 0. The standard InChI is InChI=1S/C21H17FN2O3/c1-12-10-16-15-4-2-3-5-18(15)24-19(16)17(11-23-12)21(26)27-20(25)13-6-8-14(22)9-7-13/h2-9,11-12,23-24H,10H2,1H3. The van der Waals surface area contributed by atoms with Crippen LogP contribution in [0.2, 0.25) is 0 Å². The highest BCUT2D eigenvalue weighted by Crippen LogP contribution is 2.31. The predicted octanol–water partition coefficient (Wildman–Crippen LogP) is 3.57. The Bertz CT molecular complexity index is 1070. The summed E-state index contributed by atoms with van der Waals surface area (Å²) in [4.78, 5) is 28.2. The van der Waals surface area contributed by atoms with E-state index in [1.807, 2.05) is 31.2 Å². The van der Waals surface area contributed by atoms with Crippen molar-refractivity contribution in [3.05, 3.63) is 77.4 Å². The van der Waals surface area contributed by atoms with Crippen molar-refractivity contribution in [2.75, 3.05) is 0 Å². The molecule has 0 saturated carbocycles. The van der Waals surface area contributed by atoms with E-state index >= 15 is 0 Å². The van der Waals surface area contributed by atoms with E-state index in [0.29, 0.717) is 5.69 Å². The number of halogens is 1. The summed E-state index contributed by atoms with van der Waals surface area (Å²) in [6.07, 6.45) is 2.30. The van der Waals surface area contributed by atoms with E-state index in [2.05, 4.69) is 10.3 Å². The highest BCUT2D eigenvalue weighted by Gasteiger charge is 2.26. The number of hydrogen-bond donors (Lipinski definition) is 2. The molecule has 0 saturated heterocycles. The summed E-state index contributed by atoms with van der Waals surface area (Å²) in [6.45, 7) is 2.01. The Labute approximate surface area is 154 Å². The van der Waals surface area contributed by atoms with Gasteiger partial charge in [-0.05, 0) is 49.2 Å². The van der Waals surface area contributed by atoms with E-state index in [0.717, 1.165) is 35.0 Å². The number of carbonyl (C=O) groups is 2. The maximum atomic E-state index is 13.0. The second kappa shape index (κ2) is 6.72. The molecule has 4 rings (SSSR count). The Morgan fingerprint density at radius 3 is 2.59 bits per heavy atom. The van der Waals surface area contributed by atoms with E-state index < -0.39 is 17.8 Å². The number of fused-ring (bicyclic) bond motifs is 3. The Kier molecular flexibility index (Phi) is 4.24. The fourth-order valence-corrected chi connectivity index (χ4v) is 3.25. The number of benzene rings is 2. The van der Waals surface area contributed by atoms with Crippen LogP contribution in [0.5, 0.6) is 0 Å². The maximum Gasteiger partial charge on any atom is 0.349 e. The number of carbonyl (C=O) groups excluding carboxylic acids is 2. The topological polar surface area (TPSA) is 71.2 Å². The number of esters is 2. The van der Waals surface area contributed by atoms with Crippen LogP contribution in [0.3, 0.4) is 0 Å². The van der Waals surface area contributed by atoms with Crippen molar-refractivity contribution in [3.8, 4) is 0 Å². The molecule has 1 unspecified atom stereocenters. The SMILES string of the molecule is CC1Cc2c([nH]c3ccccc23)C(C(=O)OC(=O)c2ccc(F)cc2)=CN1.